The SMILES string of the molecule is CC(C)CC(Br)CNC(=O)c1csc(Br)c1. The Morgan fingerprint density at radius 1 is 1.56 bits per heavy atom. The summed E-state index contributed by atoms with van der Waals surface area (Å²) in [5.41, 5.74) is 0.723. The van der Waals surface area contributed by atoms with Gasteiger partial charge in [0.25, 0.3) is 5.91 Å². The van der Waals surface area contributed by atoms with Gasteiger partial charge in [0.1, 0.15) is 0 Å². The Morgan fingerprint density at radius 3 is 2.75 bits per heavy atom. The predicted octanol–water partition coefficient (Wildman–Crippen LogP) is 4.05. The molecule has 0 aliphatic rings. The van der Waals surface area contributed by atoms with Crippen LogP contribution in [0, 0.1) is 5.92 Å². The number of rotatable bonds is 5. The van der Waals surface area contributed by atoms with Crippen molar-refractivity contribution in [3.8, 4) is 0 Å². The molecule has 0 saturated carbocycles. The number of carbonyl (C=O) groups excluding carboxylic acids is 1. The van der Waals surface area contributed by atoms with Crippen molar-refractivity contribution in [1.82, 2.24) is 5.32 Å². The van der Waals surface area contributed by atoms with Crippen molar-refractivity contribution < 1.29 is 4.79 Å². The molecule has 1 amide bonds. The fourth-order valence-electron chi connectivity index (χ4n) is 1.33. The highest BCUT2D eigenvalue weighted by atomic mass is 79.9. The van der Waals surface area contributed by atoms with Gasteiger partial charge in [-0.2, -0.15) is 0 Å². The van der Waals surface area contributed by atoms with Crippen LogP contribution in [0.1, 0.15) is 30.6 Å². The van der Waals surface area contributed by atoms with Gasteiger partial charge in [0.05, 0.1) is 9.35 Å². The first-order valence-corrected chi connectivity index (χ1v) is 7.74. The van der Waals surface area contributed by atoms with Crippen molar-refractivity contribution in [1.29, 1.82) is 0 Å². The summed E-state index contributed by atoms with van der Waals surface area (Å²) in [6.07, 6.45) is 1.06. The quantitative estimate of drug-likeness (QED) is 0.780. The molecule has 0 aromatic carbocycles. The van der Waals surface area contributed by atoms with E-state index in [2.05, 4.69) is 51.0 Å². The van der Waals surface area contributed by atoms with E-state index in [0.29, 0.717) is 17.3 Å². The molecule has 1 atom stereocenters. The summed E-state index contributed by atoms with van der Waals surface area (Å²) in [5.74, 6) is 0.631. The summed E-state index contributed by atoms with van der Waals surface area (Å²) in [7, 11) is 0. The Labute approximate surface area is 117 Å². The van der Waals surface area contributed by atoms with E-state index in [-0.39, 0.29) is 5.91 Å². The standard InChI is InChI=1S/C11H15Br2NOS/c1-7(2)3-9(12)5-14-11(15)8-4-10(13)16-6-8/h4,6-7,9H,3,5H2,1-2H3,(H,14,15). The van der Waals surface area contributed by atoms with Gasteiger partial charge in [-0.3, -0.25) is 4.79 Å². The van der Waals surface area contributed by atoms with Gasteiger partial charge in [0.15, 0.2) is 0 Å². The van der Waals surface area contributed by atoms with Gasteiger partial charge in [-0.15, -0.1) is 11.3 Å². The molecule has 0 fully saturated rings. The highest BCUT2D eigenvalue weighted by molar-refractivity contribution is 9.11. The zero-order chi connectivity index (χ0) is 12.1. The highest BCUT2D eigenvalue weighted by Crippen LogP contribution is 2.20. The van der Waals surface area contributed by atoms with E-state index in [0.717, 1.165) is 15.8 Å². The van der Waals surface area contributed by atoms with Crippen molar-refractivity contribution in [2.24, 2.45) is 5.92 Å². The molecule has 0 bridgehead atoms. The molecule has 0 aliphatic carbocycles. The van der Waals surface area contributed by atoms with E-state index in [1.165, 1.54) is 11.3 Å². The second-order valence-electron chi connectivity index (χ2n) is 4.08. The third-order valence-corrected chi connectivity index (χ3v) is 4.24. The number of thiophene rings is 1. The lowest BCUT2D eigenvalue weighted by Crippen LogP contribution is -2.29. The molecule has 0 radical (unpaired) electrons. The normalized spacial score (nSPS) is 12.8. The minimum atomic E-state index is -0.00449. The van der Waals surface area contributed by atoms with Crippen molar-refractivity contribution in [2.45, 2.75) is 25.1 Å². The van der Waals surface area contributed by atoms with Crippen LogP contribution >= 0.6 is 43.2 Å². The van der Waals surface area contributed by atoms with Gasteiger partial charge >= 0.3 is 0 Å². The monoisotopic (exact) mass is 367 g/mol. The lowest BCUT2D eigenvalue weighted by atomic mass is 10.1. The maximum atomic E-state index is 11.7. The van der Waals surface area contributed by atoms with Gasteiger partial charge in [0, 0.05) is 16.8 Å². The number of nitrogens with one attached hydrogen (secondary N) is 1. The maximum absolute atomic E-state index is 11.7. The van der Waals surface area contributed by atoms with Crippen molar-refractivity contribution in [3.05, 3.63) is 20.8 Å². The number of hydrogen-bond donors (Lipinski definition) is 1. The Hall–Kier alpha value is 0.130. The van der Waals surface area contributed by atoms with Crippen LogP contribution in [0.2, 0.25) is 0 Å². The van der Waals surface area contributed by atoms with E-state index < -0.39 is 0 Å². The lowest BCUT2D eigenvalue weighted by Gasteiger charge is -2.12. The van der Waals surface area contributed by atoms with E-state index >= 15 is 0 Å². The Morgan fingerprint density at radius 2 is 2.25 bits per heavy atom. The van der Waals surface area contributed by atoms with E-state index in [4.69, 9.17) is 0 Å². The zero-order valence-corrected chi connectivity index (χ0v) is 13.3. The minimum Gasteiger partial charge on any atom is -0.351 e. The second kappa shape index (κ2) is 6.77. The number of hydrogen-bond acceptors (Lipinski definition) is 2. The van der Waals surface area contributed by atoms with Crippen LogP contribution in [-0.4, -0.2) is 17.3 Å². The number of alkyl halides is 1. The van der Waals surface area contributed by atoms with Crippen LogP contribution in [0.25, 0.3) is 0 Å². The summed E-state index contributed by atoms with van der Waals surface area (Å²) >= 11 is 8.43. The lowest BCUT2D eigenvalue weighted by molar-refractivity contribution is 0.0953. The van der Waals surface area contributed by atoms with Gasteiger partial charge < -0.3 is 5.32 Å². The first kappa shape index (κ1) is 14.2. The van der Waals surface area contributed by atoms with Crippen molar-refractivity contribution >= 4 is 49.1 Å². The molecule has 1 unspecified atom stereocenters. The summed E-state index contributed by atoms with van der Waals surface area (Å²) in [4.78, 5) is 12.0. The molecular formula is C11H15Br2NOS. The smallest absolute Gasteiger partial charge is 0.252 e. The first-order valence-electron chi connectivity index (χ1n) is 5.15. The number of halogens is 2. The molecule has 1 heterocycles. The average molecular weight is 369 g/mol. The Balaban J connectivity index is 2.35. The molecule has 5 heteroatoms. The van der Waals surface area contributed by atoms with E-state index in [9.17, 15) is 4.79 Å². The van der Waals surface area contributed by atoms with E-state index in [1.54, 1.807) is 0 Å². The fourth-order valence-corrected chi connectivity index (χ4v) is 3.38. The summed E-state index contributed by atoms with van der Waals surface area (Å²) < 4.78 is 0.982. The molecule has 16 heavy (non-hydrogen) atoms. The number of amides is 1. The topological polar surface area (TPSA) is 29.1 Å². The second-order valence-corrected chi connectivity index (χ2v) is 7.66. The van der Waals surface area contributed by atoms with Crippen LogP contribution in [-0.2, 0) is 0 Å². The average Bonchev–Trinajstić information content (AvgIpc) is 2.60. The van der Waals surface area contributed by atoms with Gasteiger partial charge in [0.2, 0.25) is 0 Å². The summed E-state index contributed by atoms with van der Waals surface area (Å²) in [5, 5.41) is 4.77. The molecule has 90 valence electrons. The molecule has 2 nitrogen and oxygen atoms in total. The molecule has 1 aromatic heterocycles. The third kappa shape index (κ3) is 4.97. The maximum Gasteiger partial charge on any atom is 0.252 e. The summed E-state index contributed by atoms with van der Waals surface area (Å²) in [6, 6.07) is 1.84. The predicted molar refractivity (Wildman–Crippen MR) is 76.5 cm³/mol. The molecule has 0 saturated heterocycles. The summed E-state index contributed by atoms with van der Waals surface area (Å²) in [6.45, 7) is 5.02. The van der Waals surface area contributed by atoms with Crippen molar-refractivity contribution in [3.63, 3.8) is 0 Å². The van der Waals surface area contributed by atoms with Crippen LogP contribution in [0.4, 0.5) is 0 Å². The molecule has 0 aliphatic heterocycles. The first-order chi connectivity index (χ1) is 7.49. The van der Waals surface area contributed by atoms with Gasteiger partial charge in [-0.25, -0.2) is 0 Å². The minimum absolute atomic E-state index is 0.00449. The Bertz CT molecular complexity index is 352. The van der Waals surface area contributed by atoms with E-state index in [1.807, 2.05) is 11.4 Å². The van der Waals surface area contributed by atoms with Gasteiger partial charge in [-0.05, 0) is 34.3 Å². The highest BCUT2D eigenvalue weighted by Gasteiger charge is 2.11. The fraction of sp³-hybridized carbons (Fsp3) is 0.545. The van der Waals surface area contributed by atoms with Crippen LogP contribution in [0.3, 0.4) is 0 Å². The Kier molecular flexibility index (Phi) is 6.00. The van der Waals surface area contributed by atoms with Gasteiger partial charge in [-0.1, -0.05) is 29.8 Å². The molecule has 0 spiro atoms. The van der Waals surface area contributed by atoms with Crippen LogP contribution in [0.5, 0.6) is 0 Å². The van der Waals surface area contributed by atoms with Crippen LogP contribution in [0.15, 0.2) is 15.2 Å². The number of carbonyl (C=O) groups is 1. The largest absolute Gasteiger partial charge is 0.351 e. The molecular weight excluding hydrogens is 354 g/mol. The zero-order valence-electron chi connectivity index (χ0n) is 9.30. The molecule has 1 aromatic rings. The van der Waals surface area contributed by atoms with Crippen LogP contribution < -0.4 is 5.32 Å². The molecule has 1 rings (SSSR count). The van der Waals surface area contributed by atoms with Crippen molar-refractivity contribution in [2.75, 3.05) is 6.54 Å². The third-order valence-electron chi connectivity index (χ3n) is 2.04. The molecule has 1 N–H and O–H groups in total.